The van der Waals surface area contributed by atoms with E-state index in [0.717, 1.165) is 48.4 Å². The number of carbonyl (C=O) groups is 1. The molecular weight excluding hydrogens is 416 g/mol. The van der Waals surface area contributed by atoms with Crippen LogP contribution < -0.4 is 15.4 Å². The topological polar surface area (TPSA) is 79.8 Å². The van der Waals surface area contributed by atoms with Crippen molar-refractivity contribution in [1.82, 2.24) is 10.6 Å². The molecule has 168 valence electrons. The van der Waals surface area contributed by atoms with Gasteiger partial charge in [0.2, 0.25) is 0 Å². The summed E-state index contributed by atoms with van der Waals surface area (Å²) in [5.74, 6) is 0.760. The van der Waals surface area contributed by atoms with E-state index in [2.05, 4.69) is 15.4 Å². The molecule has 0 aromatic heterocycles. The average Bonchev–Trinajstić information content (AvgIpc) is 2.81. The molecule has 1 fully saturated rings. The fourth-order valence-corrected chi connectivity index (χ4v) is 4.68. The van der Waals surface area contributed by atoms with Gasteiger partial charge in [-0.05, 0) is 61.6 Å². The summed E-state index contributed by atoms with van der Waals surface area (Å²) in [7, 11) is 2.97. The Bertz CT molecular complexity index is 886. The number of hydrogen-bond donors (Lipinski definition) is 3. The van der Waals surface area contributed by atoms with E-state index in [-0.39, 0.29) is 5.92 Å². The number of piperidine rings is 1. The van der Waals surface area contributed by atoms with E-state index in [1.54, 1.807) is 7.11 Å². The molecule has 2 atom stereocenters. The Morgan fingerprint density at radius 1 is 1.29 bits per heavy atom. The Morgan fingerprint density at radius 3 is 2.81 bits per heavy atom. The molecule has 0 radical (unpaired) electrons. The zero-order valence-corrected chi connectivity index (χ0v) is 18.9. The fraction of sp³-hybridized carbons (Fsp3) is 0.458. The molecule has 2 aromatic carbocycles. The summed E-state index contributed by atoms with van der Waals surface area (Å²) in [6.45, 7) is 2.10. The lowest BCUT2D eigenvalue weighted by molar-refractivity contribution is -0.0415. The average molecular weight is 447 g/mol. The molecule has 1 aliphatic rings. The lowest BCUT2D eigenvalue weighted by atomic mass is 9.72. The third-order valence-electron chi connectivity index (χ3n) is 6.00. The van der Waals surface area contributed by atoms with Crippen LogP contribution in [0.4, 0.5) is 4.79 Å². The maximum atomic E-state index is 12.1. The summed E-state index contributed by atoms with van der Waals surface area (Å²) < 4.78 is 10.0. The van der Waals surface area contributed by atoms with E-state index in [0.29, 0.717) is 24.4 Å². The van der Waals surface area contributed by atoms with E-state index in [1.807, 2.05) is 42.5 Å². The number of benzene rings is 2. The minimum absolute atomic E-state index is 0.0298. The SMILES string of the molecule is COC(=O)NCCCC(O)(c1cccc(Cl)c1-c1cccc(OC)c1)C1CCCNC1. The molecule has 0 bridgehead atoms. The predicted octanol–water partition coefficient (Wildman–Crippen LogP) is 4.34. The van der Waals surface area contributed by atoms with Gasteiger partial charge in [0.25, 0.3) is 0 Å². The van der Waals surface area contributed by atoms with Crippen LogP contribution in [0.25, 0.3) is 11.1 Å². The first-order valence-electron chi connectivity index (χ1n) is 10.7. The van der Waals surface area contributed by atoms with Gasteiger partial charge in [0.1, 0.15) is 5.75 Å². The summed E-state index contributed by atoms with van der Waals surface area (Å²) in [5.41, 5.74) is 1.42. The van der Waals surface area contributed by atoms with Gasteiger partial charge in [0.05, 0.1) is 19.8 Å². The minimum Gasteiger partial charge on any atom is -0.497 e. The number of alkyl carbamates (subject to hydrolysis) is 1. The first-order chi connectivity index (χ1) is 15.0. The zero-order chi connectivity index (χ0) is 22.3. The summed E-state index contributed by atoms with van der Waals surface area (Å²) >= 11 is 6.69. The summed E-state index contributed by atoms with van der Waals surface area (Å²) in [5, 5.41) is 18.9. The highest BCUT2D eigenvalue weighted by molar-refractivity contribution is 6.33. The number of amides is 1. The van der Waals surface area contributed by atoms with E-state index in [9.17, 15) is 9.90 Å². The van der Waals surface area contributed by atoms with Gasteiger partial charge in [-0.15, -0.1) is 0 Å². The van der Waals surface area contributed by atoms with Crippen LogP contribution >= 0.6 is 11.6 Å². The lowest BCUT2D eigenvalue weighted by Crippen LogP contribution is -2.45. The van der Waals surface area contributed by atoms with Crippen molar-refractivity contribution >= 4 is 17.7 Å². The van der Waals surface area contributed by atoms with E-state index in [1.165, 1.54) is 7.11 Å². The van der Waals surface area contributed by atoms with Crippen LogP contribution in [-0.4, -0.2) is 45.1 Å². The number of hydrogen-bond acceptors (Lipinski definition) is 5. The summed E-state index contributed by atoms with van der Waals surface area (Å²) in [4.78, 5) is 11.4. The van der Waals surface area contributed by atoms with Crippen LogP contribution in [0.5, 0.6) is 5.75 Å². The molecule has 1 aliphatic heterocycles. The minimum atomic E-state index is -1.10. The van der Waals surface area contributed by atoms with Crippen LogP contribution in [0.2, 0.25) is 5.02 Å². The van der Waals surface area contributed by atoms with Crippen molar-refractivity contribution in [3.05, 3.63) is 53.1 Å². The molecule has 0 aliphatic carbocycles. The molecule has 3 rings (SSSR count). The monoisotopic (exact) mass is 446 g/mol. The van der Waals surface area contributed by atoms with Gasteiger partial charge in [-0.2, -0.15) is 0 Å². The number of carbonyl (C=O) groups excluding carboxylic acids is 1. The largest absolute Gasteiger partial charge is 0.497 e. The van der Waals surface area contributed by atoms with Crippen LogP contribution in [0, 0.1) is 5.92 Å². The van der Waals surface area contributed by atoms with Gasteiger partial charge < -0.3 is 25.2 Å². The molecule has 31 heavy (non-hydrogen) atoms. The smallest absolute Gasteiger partial charge is 0.406 e. The number of aliphatic hydroxyl groups is 1. The Morgan fingerprint density at radius 2 is 2.10 bits per heavy atom. The molecule has 1 amide bonds. The van der Waals surface area contributed by atoms with Gasteiger partial charge in [-0.25, -0.2) is 4.79 Å². The molecule has 0 spiro atoms. The third kappa shape index (κ3) is 5.50. The molecule has 3 N–H and O–H groups in total. The van der Waals surface area contributed by atoms with Gasteiger partial charge in [-0.1, -0.05) is 35.9 Å². The molecule has 0 saturated carbocycles. The first-order valence-corrected chi connectivity index (χ1v) is 11.1. The predicted molar refractivity (Wildman–Crippen MR) is 123 cm³/mol. The first kappa shape index (κ1) is 23.4. The Hall–Kier alpha value is -2.28. The number of rotatable bonds is 8. The Labute approximate surface area is 188 Å². The van der Waals surface area contributed by atoms with Crippen molar-refractivity contribution in [3.63, 3.8) is 0 Å². The highest BCUT2D eigenvalue weighted by Crippen LogP contribution is 2.45. The maximum Gasteiger partial charge on any atom is 0.406 e. The van der Waals surface area contributed by atoms with Gasteiger partial charge in [0, 0.05) is 29.6 Å². The van der Waals surface area contributed by atoms with Crippen molar-refractivity contribution in [2.24, 2.45) is 5.92 Å². The molecule has 2 unspecified atom stereocenters. The summed E-state index contributed by atoms with van der Waals surface area (Å²) in [6, 6.07) is 13.4. The lowest BCUT2D eigenvalue weighted by Gasteiger charge is -2.40. The number of methoxy groups -OCH3 is 2. The van der Waals surface area contributed by atoms with Gasteiger partial charge in [0.15, 0.2) is 0 Å². The second-order valence-electron chi connectivity index (χ2n) is 7.88. The zero-order valence-electron chi connectivity index (χ0n) is 18.1. The fourth-order valence-electron chi connectivity index (χ4n) is 4.40. The number of halogens is 1. The highest BCUT2D eigenvalue weighted by atomic mass is 35.5. The molecule has 2 aromatic rings. The number of ether oxygens (including phenoxy) is 2. The van der Waals surface area contributed by atoms with Crippen LogP contribution in [0.1, 0.15) is 31.2 Å². The second-order valence-corrected chi connectivity index (χ2v) is 8.29. The van der Waals surface area contributed by atoms with Crippen LogP contribution in [0.3, 0.4) is 0 Å². The Kier molecular flexibility index (Phi) is 8.18. The van der Waals surface area contributed by atoms with Crippen LogP contribution in [-0.2, 0) is 10.3 Å². The standard InChI is InChI=1S/C24H31ClN2O4/c1-30-19-9-3-7-17(15-19)22-20(10-4-11-21(22)25)24(29,18-8-5-13-26-16-18)12-6-14-27-23(28)31-2/h3-4,7,9-11,15,18,26,29H,5-6,8,12-14,16H2,1-2H3,(H,27,28). The van der Waals surface area contributed by atoms with Crippen molar-refractivity contribution in [2.45, 2.75) is 31.3 Å². The molecule has 1 heterocycles. The number of nitrogens with one attached hydrogen (secondary N) is 2. The quantitative estimate of drug-likeness (QED) is 0.525. The Balaban J connectivity index is 2.00. The third-order valence-corrected chi connectivity index (χ3v) is 6.32. The molecular formula is C24H31ClN2O4. The van der Waals surface area contributed by atoms with Crippen LogP contribution in [0.15, 0.2) is 42.5 Å². The molecule has 6 nitrogen and oxygen atoms in total. The van der Waals surface area contributed by atoms with Crippen molar-refractivity contribution in [1.29, 1.82) is 0 Å². The van der Waals surface area contributed by atoms with E-state index >= 15 is 0 Å². The van der Waals surface area contributed by atoms with E-state index in [4.69, 9.17) is 16.3 Å². The highest BCUT2D eigenvalue weighted by Gasteiger charge is 2.40. The van der Waals surface area contributed by atoms with Gasteiger partial charge in [-0.3, -0.25) is 0 Å². The molecule has 7 heteroatoms. The normalized spacial score (nSPS) is 18.1. The maximum absolute atomic E-state index is 12.1. The molecule has 1 saturated heterocycles. The van der Waals surface area contributed by atoms with Crippen molar-refractivity contribution in [3.8, 4) is 16.9 Å². The van der Waals surface area contributed by atoms with Crippen molar-refractivity contribution in [2.75, 3.05) is 33.9 Å². The summed E-state index contributed by atoms with van der Waals surface area (Å²) in [6.07, 6.45) is 2.54. The van der Waals surface area contributed by atoms with E-state index < -0.39 is 11.7 Å². The second kappa shape index (κ2) is 10.8. The van der Waals surface area contributed by atoms with Gasteiger partial charge >= 0.3 is 6.09 Å². The van der Waals surface area contributed by atoms with Crippen molar-refractivity contribution < 1.29 is 19.4 Å².